The number of benzene rings is 1. The lowest BCUT2D eigenvalue weighted by molar-refractivity contribution is -0.163. The Morgan fingerprint density at radius 3 is 2.68 bits per heavy atom. The monoisotopic (exact) mass is 370 g/mol. The first-order valence-electron chi connectivity index (χ1n) is 7.32. The zero-order valence-electron chi connectivity index (χ0n) is 13.9. The molecule has 9 heteroatoms. The lowest BCUT2D eigenvalue weighted by Crippen LogP contribution is -2.26. The number of carbonyl (C=O) groups excluding carboxylic acids is 2. The van der Waals surface area contributed by atoms with Crippen LogP contribution in [-0.2, 0) is 26.1 Å². The Morgan fingerprint density at radius 1 is 1.32 bits per heavy atom. The number of methoxy groups -OCH3 is 1. The number of ether oxygens (including phenoxy) is 2. The Morgan fingerprint density at radius 2 is 2.04 bits per heavy atom. The molecule has 2 atom stereocenters. The highest BCUT2D eigenvalue weighted by atomic mass is 31.1. The maximum atomic E-state index is 13.9. The number of carbonyl (C=O) groups is 2. The van der Waals surface area contributed by atoms with Crippen LogP contribution in [0.25, 0.3) is 11.3 Å². The van der Waals surface area contributed by atoms with E-state index in [2.05, 4.69) is 9.84 Å². The first-order valence-corrected chi connectivity index (χ1v) is 8.53. The van der Waals surface area contributed by atoms with Crippen LogP contribution in [0.3, 0.4) is 0 Å². The molecule has 1 heterocycles. The third-order valence-electron chi connectivity index (χ3n) is 3.34. The second kappa shape index (κ2) is 8.16. The lowest BCUT2D eigenvalue weighted by atomic mass is 10.1. The molecule has 0 radical (unpaired) electrons. The number of hydrogen-bond donors (Lipinski definition) is 0. The Kier molecular flexibility index (Phi) is 6.20. The van der Waals surface area contributed by atoms with E-state index in [-0.39, 0.29) is 20.3 Å². The number of nitrogens with zero attached hydrogens (tertiary/aromatic N) is 2. The van der Waals surface area contributed by atoms with Gasteiger partial charge in [0.25, 0.3) is 0 Å². The van der Waals surface area contributed by atoms with Crippen LogP contribution in [0.2, 0.25) is 0 Å². The summed E-state index contributed by atoms with van der Waals surface area (Å²) >= 11 is 0. The summed E-state index contributed by atoms with van der Waals surface area (Å²) in [6, 6.07) is 4.93. The van der Waals surface area contributed by atoms with E-state index in [4.69, 9.17) is 4.74 Å². The molecule has 0 aliphatic heterocycles. The standard InChI is InChI=1S/C16H17F2N2O4P/c1-9(16(22)23-3)24-15(21)8-25-14-7-13(20(2)19-14)11-5-4-10(17)6-12(11)18/h4-7,9,25H,8H2,1-3H3. The summed E-state index contributed by atoms with van der Waals surface area (Å²) in [5.74, 6) is -2.54. The number of rotatable bonds is 6. The highest BCUT2D eigenvalue weighted by molar-refractivity contribution is 7.47. The fourth-order valence-electron chi connectivity index (χ4n) is 2.12. The predicted molar refractivity (Wildman–Crippen MR) is 88.9 cm³/mol. The minimum absolute atomic E-state index is 0.0200. The van der Waals surface area contributed by atoms with Gasteiger partial charge in [-0.3, -0.25) is 9.48 Å². The van der Waals surface area contributed by atoms with E-state index >= 15 is 0 Å². The Labute approximate surface area is 144 Å². The van der Waals surface area contributed by atoms with Crippen LogP contribution in [0, 0.1) is 11.6 Å². The summed E-state index contributed by atoms with van der Waals surface area (Å²) in [5.41, 5.74) is 1.26. The van der Waals surface area contributed by atoms with Gasteiger partial charge in [0.05, 0.1) is 24.4 Å². The summed E-state index contributed by atoms with van der Waals surface area (Å²) in [4.78, 5) is 22.9. The van der Waals surface area contributed by atoms with E-state index < -0.39 is 29.7 Å². The Bertz CT molecular complexity index is 794. The maximum Gasteiger partial charge on any atom is 0.346 e. The average molecular weight is 370 g/mol. The predicted octanol–water partition coefficient (Wildman–Crippen LogP) is 1.77. The molecule has 0 aliphatic carbocycles. The van der Waals surface area contributed by atoms with Crippen molar-refractivity contribution in [1.29, 1.82) is 0 Å². The molecule has 0 saturated carbocycles. The van der Waals surface area contributed by atoms with Gasteiger partial charge in [-0.1, -0.05) is 8.58 Å². The van der Waals surface area contributed by atoms with Gasteiger partial charge in [-0.05, 0) is 25.1 Å². The first-order chi connectivity index (χ1) is 11.8. The van der Waals surface area contributed by atoms with Gasteiger partial charge < -0.3 is 9.47 Å². The van der Waals surface area contributed by atoms with Gasteiger partial charge >= 0.3 is 11.9 Å². The zero-order valence-corrected chi connectivity index (χ0v) is 14.9. The van der Waals surface area contributed by atoms with Crippen molar-refractivity contribution in [2.24, 2.45) is 7.05 Å². The molecule has 1 aromatic carbocycles. The molecule has 2 unspecified atom stereocenters. The molecule has 0 fully saturated rings. The van der Waals surface area contributed by atoms with E-state index in [1.807, 2.05) is 0 Å². The van der Waals surface area contributed by atoms with E-state index in [1.165, 1.54) is 30.8 Å². The number of esters is 2. The van der Waals surface area contributed by atoms with Crippen LogP contribution in [0.15, 0.2) is 24.3 Å². The molecule has 0 saturated heterocycles. The molecule has 0 amide bonds. The van der Waals surface area contributed by atoms with Gasteiger partial charge in [0.1, 0.15) is 11.6 Å². The Balaban J connectivity index is 2.03. The van der Waals surface area contributed by atoms with Gasteiger partial charge in [-0.15, -0.1) is 0 Å². The van der Waals surface area contributed by atoms with E-state index in [9.17, 15) is 18.4 Å². The summed E-state index contributed by atoms with van der Waals surface area (Å²) in [6.07, 6.45) is -0.946. The normalized spacial score (nSPS) is 12.4. The van der Waals surface area contributed by atoms with Gasteiger partial charge in [-0.25, -0.2) is 13.6 Å². The highest BCUT2D eigenvalue weighted by Gasteiger charge is 2.19. The van der Waals surface area contributed by atoms with Crippen LogP contribution < -0.4 is 5.44 Å². The van der Waals surface area contributed by atoms with E-state index in [1.54, 1.807) is 13.1 Å². The molecule has 0 spiro atoms. The molecule has 0 aliphatic rings. The largest absolute Gasteiger partial charge is 0.466 e. The second-order valence-electron chi connectivity index (χ2n) is 5.17. The molecule has 25 heavy (non-hydrogen) atoms. The van der Waals surface area contributed by atoms with Crippen LogP contribution in [-0.4, -0.2) is 41.1 Å². The molecule has 0 N–H and O–H groups in total. The van der Waals surface area contributed by atoms with Gasteiger partial charge in [-0.2, -0.15) is 5.10 Å². The zero-order chi connectivity index (χ0) is 18.6. The smallest absolute Gasteiger partial charge is 0.346 e. The number of hydrogen-bond acceptors (Lipinski definition) is 5. The summed E-state index contributed by atoms with van der Waals surface area (Å²) < 4.78 is 37.8. The van der Waals surface area contributed by atoms with Crippen LogP contribution in [0.1, 0.15) is 6.92 Å². The van der Waals surface area contributed by atoms with Crippen LogP contribution >= 0.6 is 8.58 Å². The highest BCUT2D eigenvalue weighted by Crippen LogP contribution is 2.24. The molecule has 6 nitrogen and oxygen atoms in total. The van der Waals surface area contributed by atoms with Crippen molar-refractivity contribution in [1.82, 2.24) is 9.78 Å². The first kappa shape index (κ1) is 19.0. The van der Waals surface area contributed by atoms with Crippen LogP contribution in [0.4, 0.5) is 8.78 Å². The summed E-state index contributed by atoms with van der Waals surface area (Å²) in [6.45, 7) is 1.42. The van der Waals surface area contributed by atoms with E-state index in [0.29, 0.717) is 11.1 Å². The second-order valence-corrected chi connectivity index (χ2v) is 6.39. The van der Waals surface area contributed by atoms with E-state index in [0.717, 1.165) is 6.07 Å². The average Bonchev–Trinajstić information content (AvgIpc) is 2.92. The van der Waals surface area contributed by atoms with Crippen molar-refractivity contribution < 1.29 is 27.8 Å². The number of halogens is 2. The van der Waals surface area contributed by atoms with Gasteiger partial charge in [0.15, 0.2) is 6.10 Å². The summed E-state index contributed by atoms with van der Waals surface area (Å²) in [7, 11) is 2.82. The van der Waals surface area contributed by atoms with Crippen molar-refractivity contribution in [3.05, 3.63) is 35.9 Å². The quantitative estimate of drug-likeness (QED) is 0.573. The van der Waals surface area contributed by atoms with Gasteiger partial charge in [0, 0.05) is 18.7 Å². The minimum atomic E-state index is -0.977. The SMILES string of the molecule is COC(=O)C(C)OC(=O)CPc1cc(-c2ccc(F)cc2F)n(C)n1. The van der Waals surface area contributed by atoms with Crippen molar-refractivity contribution in [2.45, 2.75) is 13.0 Å². The molecular formula is C16H17F2N2O4P. The van der Waals surface area contributed by atoms with Crippen molar-refractivity contribution in [3.63, 3.8) is 0 Å². The minimum Gasteiger partial charge on any atom is -0.466 e. The molecule has 2 rings (SSSR count). The molecular weight excluding hydrogens is 353 g/mol. The lowest BCUT2D eigenvalue weighted by Gasteiger charge is -2.10. The van der Waals surface area contributed by atoms with Crippen molar-refractivity contribution in [2.75, 3.05) is 13.3 Å². The van der Waals surface area contributed by atoms with Crippen molar-refractivity contribution in [3.8, 4) is 11.3 Å². The molecule has 1 aromatic heterocycles. The Hall–Kier alpha value is -2.34. The molecule has 2 aromatic rings. The number of aromatic nitrogens is 2. The molecule has 0 bridgehead atoms. The fraction of sp³-hybridized carbons (Fsp3) is 0.312. The number of aryl methyl sites for hydroxylation is 1. The fourth-order valence-corrected chi connectivity index (χ4v) is 2.99. The topological polar surface area (TPSA) is 70.4 Å². The van der Waals surface area contributed by atoms with Crippen LogP contribution in [0.5, 0.6) is 0 Å². The summed E-state index contributed by atoms with van der Waals surface area (Å²) in [5, 5.41) is 4.22. The maximum absolute atomic E-state index is 13.9. The third kappa shape index (κ3) is 4.82. The van der Waals surface area contributed by atoms with Gasteiger partial charge in [0.2, 0.25) is 0 Å². The third-order valence-corrected chi connectivity index (χ3v) is 4.41. The molecule has 134 valence electrons. The van der Waals surface area contributed by atoms with Crippen molar-refractivity contribution >= 4 is 26.0 Å².